The molecule has 0 spiro atoms. The lowest BCUT2D eigenvalue weighted by Crippen LogP contribution is -2.33. The molecule has 0 bridgehead atoms. The number of likely N-dealkylation sites (tertiary alicyclic amines) is 1. The van der Waals surface area contributed by atoms with Gasteiger partial charge in [0.05, 0.1) is 10.6 Å². The van der Waals surface area contributed by atoms with E-state index in [2.05, 4.69) is 10.1 Å². The Hall–Kier alpha value is -1.70. The summed E-state index contributed by atoms with van der Waals surface area (Å²) < 4.78 is 32.5. The molecule has 1 aromatic carbocycles. The van der Waals surface area contributed by atoms with E-state index in [0.29, 0.717) is 29.8 Å². The average molecular weight is 361 g/mol. The van der Waals surface area contributed by atoms with Crippen LogP contribution in [0.2, 0.25) is 0 Å². The zero-order valence-electron chi connectivity index (χ0n) is 14.6. The molecule has 2 atom stereocenters. The van der Waals surface area contributed by atoms with Crippen LogP contribution in [0.1, 0.15) is 17.0 Å². The second-order valence-corrected chi connectivity index (χ2v) is 9.09. The molecule has 2 unspecified atom stereocenters. The Bertz CT molecular complexity index is 829. The Kier molecular flexibility index (Phi) is 4.17. The highest BCUT2D eigenvalue weighted by Crippen LogP contribution is 2.35. The van der Waals surface area contributed by atoms with Gasteiger partial charge in [0.1, 0.15) is 5.76 Å². The van der Waals surface area contributed by atoms with E-state index in [4.69, 9.17) is 4.52 Å². The molecule has 25 heavy (non-hydrogen) atoms. The van der Waals surface area contributed by atoms with Crippen LogP contribution in [0.5, 0.6) is 0 Å². The molecule has 0 amide bonds. The molecule has 2 saturated heterocycles. The maximum absolute atomic E-state index is 12.8. The van der Waals surface area contributed by atoms with Crippen molar-refractivity contribution in [2.75, 3.05) is 26.2 Å². The standard InChI is InChI=1S/C18H23N3O3S/c1-13-18(14(2)24-19-13)12-20-8-15-10-21(11-16(15)9-20)25(22,23)17-6-4-3-5-7-17/h3-7,15-16H,8-12H2,1-2H3. The zero-order valence-corrected chi connectivity index (χ0v) is 15.4. The second kappa shape index (κ2) is 6.23. The first-order chi connectivity index (χ1) is 11.9. The van der Waals surface area contributed by atoms with Crippen molar-refractivity contribution >= 4 is 10.0 Å². The molecule has 134 valence electrons. The first-order valence-corrected chi connectivity index (χ1v) is 10.1. The minimum atomic E-state index is -3.37. The molecule has 2 fully saturated rings. The average Bonchev–Trinajstić information content (AvgIpc) is 3.25. The van der Waals surface area contributed by atoms with E-state index in [1.165, 1.54) is 0 Å². The summed E-state index contributed by atoms with van der Waals surface area (Å²) in [5, 5.41) is 4.02. The van der Waals surface area contributed by atoms with Crippen molar-refractivity contribution in [1.82, 2.24) is 14.4 Å². The van der Waals surface area contributed by atoms with Gasteiger partial charge in [-0.05, 0) is 37.8 Å². The van der Waals surface area contributed by atoms with Crippen molar-refractivity contribution in [3.8, 4) is 0 Å². The summed E-state index contributed by atoms with van der Waals surface area (Å²) in [5.74, 6) is 1.68. The molecular weight excluding hydrogens is 338 g/mol. The van der Waals surface area contributed by atoms with Crippen LogP contribution in [-0.4, -0.2) is 49.0 Å². The molecule has 2 aliphatic heterocycles. The van der Waals surface area contributed by atoms with E-state index < -0.39 is 10.0 Å². The van der Waals surface area contributed by atoms with Crippen LogP contribution in [0.15, 0.2) is 39.8 Å². The van der Waals surface area contributed by atoms with Gasteiger partial charge in [0.25, 0.3) is 0 Å². The number of benzene rings is 1. The molecule has 7 heteroatoms. The predicted molar refractivity (Wildman–Crippen MR) is 93.4 cm³/mol. The Morgan fingerprint density at radius 3 is 2.28 bits per heavy atom. The van der Waals surface area contributed by atoms with E-state index in [-0.39, 0.29) is 0 Å². The second-order valence-electron chi connectivity index (χ2n) is 7.15. The summed E-state index contributed by atoms with van der Waals surface area (Å²) >= 11 is 0. The van der Waals surface area contributed by atoms with Gasteiger partial charge >= 0.3 is 0 Å². The van der Waals surface area contributed by atoms with Crippen molar-refractivity contribution in [2.45, 2.75) is 25.3 Å². The molecule has 3 heterocycles. The zero-order chi connectivity index (χ0) is 17.6. The monoisotopic (exact) mass is 361 g/mol. The van der Waals surface area contributed by atoms with E-state index >= 15 is 0 Å². The van der Waals surface area contributed by atoms with Crippen molar-refractivity contribution in [3.63, 3.8) is 0 Å². The van der Waals surface area contributed by atoms with Crippen LogP contribution in [-0.2, 0) is 16.6 Å². The lowest BCUT2D eigenvalue weighted by atomic mass is 10.0. The Morgan fingerprint density at radius 2 is 1.72 bits per heavy atom. The summed E-state index contributed by atoms with van der Waals surface area (Å²) in [7, 11) is -3.37. The Labute approximate surface area is 148 Å². The molecule has 0 aliphatic carbocycles. The van der Waals surface area contributed by atoms with Gasteiger partial charge in [0, 0.05) is 38.3 Å². The summed E-state index contributed by atoms with van der Waals surface area (Å²) in [6, 6.07) is 8.73. The number of fused-ring (bicyclic) bond motifs is 1. The third-order valence-corrected chi connectivity index (χ3v) is 7.32. The smallest absolute Gasteiger partial charge is 0.243 e. The number of aromatic nitrogens is 1. The molecule has 2 aromatic rings. The van der Waals surface area contributed by atoms with Gasteiger partial charge < -0.3 is 4.52 Å². The fourth-order valence-electron chi connectivity index (χ4n) is 4.07. The van der Waals surface area contributed by atoms with Gasteiger partial charge in [-0.1, -0.05) is 23.4 Å². The van der Waals surface area contributed by atoms with Crippen molar-refractivity contribution < 1.29 is 12.9 Å². The van der Waals surface area contributed by atoms with Crippen LogP contribution < -0.4 is 0 Å². The Morgan fingerprint density at radius 1 is 1.08 bits per heavy atom. The highest BCUT2D eigenvalue weighted by atomic mass is 32.2. The number of nitrogens with zero attached hydrogens (tertiary/aromatic N) is 3. The highest BCUT2D eigenvalue weighted by molar-refractivity contribution is 7.89. The highest BCUT2D eigenvalue weighted by Gasteiger charge is 2.44. The molecule has 2 aliphatic rings. The Balaban J connectivity index is 1.43. The minimum absolute atomic E-state index is 0.391. The summed E-state index contributed by atoms with van der Waals surface area (Å²) in [4.78, 5) is 2.79. The molecule has 4 rings (SSSR count). The summed E-state index contributed by atoms with van der Waals surface area (Å²) in [5.41, 5.74) is 2.11. The van der Waals surface area contributed by atoms with E-state index in [1.807, 2.05) is 19.9 Å². The third kappa shape index (κ3) is 3.01. The number of hydrogen-bond donors (Lipinski definition) is 0. The van der Waals surface area contributed by atoms with Gasteiger partial charge in [0.15, 0.2) is 0 Å². The van der Waals surface area contributed by atoms with Crippen LogP contribution in [0.25, 0.3) is 0 Å². The molecule has 0 N–H and O–H groups in total. The fraction of sp³-hybridized carbons (Fsp3) is 0.500. The molecule has 0 radical (unpaired) electrons. The van der Waals surface area contributed by atoms with Gasteiger partial charge in [-0.15, -0.1) is 0 Å². The van der Waals surface area contributed by atoms with Crippen LogP contribution in [0.4, 0.5) is 0 Å². The van der Waals surface area contributed by atoms with Crippen molar-refractivity contribution in [2.24, 2.45) is 11.8 Å². The number of sulfonamides is 1. The maximum Gasteiger partial charge on any atom is 0.243 e. The van der Waals surface area contributed by atoms with E-state index in [1.54, 1.807) is 28.6 Å². The molecule has 6 nitrogen and oxygen atoms in total. The van der Waals surface area contributed by atoms with Crippen LogP contribution >= 0.6 is 0 Å². The quantitative estimate of drug-likeness (QED) is 0.834. The fourth-order valence-corrected chi connectivity index (χ4v) is 5.64. The first kappa shape index (κ1) is 16.8. The topological polar surface area (TPSA) is 66.7 Å². The number of aryl methyl sites for hydroxylation is 2. The van der Waals surface area contributed by atoms with Gasteiger partial charge in [-0.2, -0.15) is 4.31 Å². The first-order valence-electron chi connectivity index (χ1n) is 8.64. The van der Waals surface area contributed by atoms with Crippen LogP contribution in [0.3, 0.4) is 0 Å². The van der Waals surface area contributed by atoms with Gasteiger partial charge in [-0.3, -0.25) is 4.90 Å². The lowest BCUT2D eigenvalue weighted by molar-refractivity contribution is 0.287. The molecular formula is C18H23N3O3S. The third-order valence-electron chi connectivity index (χ3n) is 5.47. The number of hydrogen-bond acceptors (Lipinski definition) is 5. The van der Waals surface area contributed by atoms with E-state index in [0.717, 1.165) is 36.7 Å². The number of rotatable bonds is 4. The van der Waals surface area contributed by atoms with Gasteiger partial charge in [-0.25, -0.2) is 8.42 Å². The summed E-state index contributed by atoms with van der Waals surface area (Å²) in [6.45, 7) is 7.82. The maximum atomic E-state index is 12.8. The van der Waals surface area contributed by atoms with Crippen molar-refractivity contribution in [1.29, 1.82) is 0 Å². The SMILES string of the molecule is Cc1noc(C)c1CN1CC2CN(S(=O)(=O)c3ccccc3)CC2C1. The van der Waals surface area contributed by atoms with Crippen molar-refractivity contribution in [3.05, 3.63) is 47.3 Å². The lowest BCUT2D eigenvalue weighted by Gasteiger charge is -2.21. The molecule has 0 saturated carbocycles. The minimum Gasteiger partial charge on any atom is -0.361 e. The normalized spacial score (nSPS) is 24.7. The summed E-state index contributed by atoms with van der Waals surface area (Å²) in [6.07, 6.45) is 0. The largest absolute Gasteiger partial charge is 0.361 e. The van der Waals surface area contributed by atoms with Crippen LogP contribution in [0, 0.1) is 25.7 Å². The van der Waals surface area contributed by atoms with E-state index in [9.17, 15) is 8.42 Å². The predicted octanol–water partition coefficient (Wildman–Crippen LogP) is 2.04. The molecule has 1 aromatic heterocycles. The van der Waals surface area contributed by atoms with Gasteiger partial charge in [0.2, 0.25) is 10.0 Å².